The summed E-state index contributed by atoms with van der Waals surface area (Å²) in [5, 5.41) is 0. The van der Waals surface area contributed by atoms with Crippen molar-refractivity contribution < 1.29 is 4.74 Å². The largest absolute Gasteiger partial charge is 0.497 e. The van der Waals surface area contributed by atoms with Gasteiger partial charge in [0, 0.05) is 5.56 Å². The highest BCUT2D eigenvalue weighted by atomic mass is 16.5. The Bertz CT molecular complexity index is 415. The van der Waals surface area contributed by atoms with Crippen molar-refractivity contribution in [1.29, 1.82) is 0 Å². The molecule has 2 rings (SSSR count). The summed E-state index contributed by atoms with van der Waals surface area (Å²) in [6.07, 6.45) is 5.86. The number of ether oxygens (including phenoxy) is 1. The van der Waals surface area contributed by atoms with Crippen molar-refractivity contribution in [2.24, 2.45) is 0 Å². The first-order valence-electron chi connectivity index (χ1n) is 4.22. The maximum atomic E-state index is 5.12. The Morgan fingerprint density at radius 3 is 3.00 bits per heavy atom. The number of benzene rings is 1. The van der Waals surface area contributed by atoms with Crippen LogP contribution in [0.4, 0.5) is 0 Å². The van der Waals surface area contributed by atoms with E-state index in [1.54, 1.807) is 19.5 Å². The predicted octanol–water partition coefficient (Wildman–Crippen LogP) is 1.95. The molecule has 0 bridgehead atoms. The van der Waals surface area contributed by atoms with Gasteiger partial charge in [0.25, 0.3) is 0 Å². The fourth-order valence-corrected chi connectivity index (χ4v) is 1.19. The average molecular weight is 185 g/mol. The zero-order chi connectivity index (χ0) is 9.80. The second kappa shape index (κ2) is 3.87. The average Bonchev–Trinajstić information content (AvgIpc) is 2.30. The van der Waals surface area contributed by atoms with Crippen molar-refractivity contribution in [3.8, 4) is 17.0 Å². The highest BCUT2D eigenvalue weighted by molar-refractivity contribution is 5.59. The normalized spacial score (nSPS) is 9.79. The van der Waals surface area contributed by atoms with Crippen LogP contribution < -0.4 is 4.74 Å². The van der Waals surface area contributed by atoms with Gasteiger partial charge in [-0.3, -0.25) is 9.97 Å². The lowest BCUT2D eigenvalue weighted by Crippen LogP contribution is -1.86. The number of methoxy groups -OCH3 is 1. The summed E-state index contributed by atoms with van der Waals surface area (Å²) in [6, 6.07) is 7.70. The van der Waals surface area contributed by atoms with E-state index < -0.39 is 0 Å². The molecule has 0 spiro atoms. The predicted molar refractivity (Wildman–Crippen MR) is 52.9 cm³/mol. The standard InChI is InChI=1S/C11H9N2O/c1-14-10-4-2-3-9(7-10)11-8-12-5-6-13-11/h2-4,6-8H,1H3. The van der Waals surface area contributed by atoms with Crippen LogP contribution in [0.25, 0.3) is 11.3 Å². The van der Waals surface area contributed by atoms with E-state index in [1.165, 1.54) is 0 Å². The lowest BCUT2D eigenvalue weighted by Gasteiger charge is -2.02. The molecule has 1 radical (unpaired) electrons. The van der Waals surface area contributed by atoms with Gasteiger partial charge in [-0.25, -0.2) is 0 Å². The SMILES string of the molecule is COc1cccc(-c2cn[c]cn2)c1. The Morgan fingerprint density at radius 2 is 2.29 bits per heavy atom. The Hall–Kier alpha value is -1.90. The molecule has 3 nitrogen and oxygen atoms in total. The van der Waals surface area contributed by atoms with Gasteiger partial charge >= 0.3 is 0 Å². The van der Waals surface area contributed by atoms with E-state index >= 15 is 0 Å². The van der Waals surface area contributed by atoms with Crippen LogP contribution in [0, 0.1) is 6.20 Å². The van der Waals surface area contributed by atoms with Crippen LogP contribution in [0.2, 0.25) is 0 Å². The van der Waals surface area contributed by atoms with Gasteiger partial charge in [0.05, 0.1) is 25.2 Å². The fourth-order valence-electron chi connectivity index (χ4n) is 1.19. The molecule has 0 saturated carbocycles. The molecule has 0 unspecified atom stereocenters. The molecule has 2 aromatic rings. The summed E-state index contributed by atoms with van der Waals surface area (Å²) in [4.78, 5) is 8.04. The number of hydrogen-bond acceptors (Lipinski definition) is 3. The molecule has 1 aromatic heterocycles. The highest BCUT2D eigenvalue weighted by Crippen LogP contribution is 2.20. The molecule has 1 heterocycles. The van der Waals surface area contributed by atoms with Crippen LogP contribution in [0.3, 0.4) is 0 Å². The Kier molecular flexibility index (Phi) is 2.40. The summed E-state index contributed by atoms with van der Waals surface area (Å²) in [6.45, 7) is 0. The topological polar surface area (TPSA) is 35.0 Å². The number of nitrogens with zero attached hydrogens (tertiary/aromatic N) is 2. The molecule has 14 heavy (non-hydrogen) atoms. The van der Waals surface area contributed by atoms with Gasteiger partial charge in [0.2, 0.25) is 0 Å². The van der Waals surface area contributed by atoms with Crippen molar-refractivity contribution in [1.82, 2.24) is 9.97 Å². The molecule has 0 saturated heterocycles. The molecule has 0 N–H and O–H groups in total. The first-order valence-corrected chi connectivity index (χ1v) is 4.22. The monoisotopic (exact) mass is 185 g/mol. The minimum atomic E-state index is 0.817. The maximum absolute atomic E-state index is 5.12. The quantitative estimate of drug-likeness (QED) is 0.717. The molecule has 0 fully saturated rings. The summed E-state index contributed by atoms with van der Waals surface area (Å²) < 4.78 is 5.12. The molecule has 0 amide bonds. The number of aromatic nitrogens is 2. The van der Waals surface area contributed by atoms with E-state index in [-0.39, 0.29) is 0 Å². The second-order valence-electron chi connectivity index (χ2n) is 2.76. The van der Waals surface area contributed by atoms with Crippen LogP contribution in [-0.4, -0.2) is 17.1 Å². The highest BCUT2D eigenvalue weighted by Gasteiger charge is 1.99. The van der Waals surface area contributed by atoms with Gasteiger partial charge in [-0.15, -0.1) is 0 Å². The van der Waals surface area contributed by atoms with Crippen molar-refractivity contribution in [3.63, 3.8) is 0 Å². The molecule has 0 aliphatic heterocycles. The zero-order valence-electron chi connectivity index (χ0n) is 7.77. The lowest BCUT2D eigenvalue weighted by molar-refractivity contribution is 0.415. The van der Waals surface area contributed by atoms with Crippen molar-refractivity contribution in [3.05, 3.63) is 42.9 Å². The van der Waals surface area contributed by atoms with E-state index in [0.717, 1.165) is 17.0 Å². The molecule has 0 aliphatic rings. The molecular weight excluding hydrogens is 176 g/mol. The summed E-state index contributed by atoms with van der Waals surface area (Å²) in [7, 11) is 1.64. The van der Waals surface area contributed by atoms with Crippen molar-refractivity contribution in [2.75, 3.05) is 7.11 Å². The number of rotatable bonds is 2. The van der Waals surface area contributed by atoms with Gasteiger partial charge in [-0.2, -0.15) is 0 Å². The van der Waals surface area contributed by atoms with Crippen molar-refractivity contribution >= 4 is 0 Å². The molecule has 3 heteroatoms. The lowest BCUT2D eigenvalue weighted by atomic mass is 10.1. The minimum Gasteiger partial charge on any atom is -0.497 e. The third kappa shape index (κ3) is 1.71. The van der Waals surface area contributed by atoms with Gasteiger partial charge < -0.3 is 4.74 Å². The maximum Gasteiger partial charge on any atom is 0.119 e. The van der Waals surface area contributed by atoms with Crippen LogP contribution in [0.5, 0.6) is 5.75 Å². The van der Waals surface area contributed by atoms with Crippen LogP contribution in [0.1, 0.15) is 0 Å². The van der Waals surface area contributed by atoms with Crippen LogP contribution >= 0.6 is 0 Å². The molecule has 0 atom stereocenters. The molecular formula is C11H9N2O. The second-order valence-corrected chi connectivity index (χ2v) is 2.76. The van der Waals surface area contributed by atoms with Gasteiger partial charge in [0.1, 0.15) is 11.9 Å². The van der Waals surface area contributed by atoms with E-state index in [1.807, 2.05) is 24.3 Å². The number of hydrogen-bond donors (Lipinski definition) is 0. The van der Waals surface area contributed by atoms with Gasteiger partial charge in [0.15, 0.2) is 0 Å². The summed E-state index contributed by atoms with van der Waals surface area (Å²) in [5.74, 6) is 0.817. The Balaban J connectivity index is 2.42. The third-order valence-electron chi connectivity index (χ3n) is 1.89. The fraction of sp³-hybridized carbons (Fsp3) is 0.0909. The Morgan fingerprint density at radius 1 is 1.36 bits per heavy atom. The minimum absolute atomic E-state index is 0.817. The smallest absolute Gasteiger partial charge is 0.119 e. The van der Waals surface area contributed by atoms with E-state index in [4.69, 9.17) is 4.74 Å². The third-order valence-corrected chi connectivity index (χ3v) is 1.89. The van der Waals surface area contributed by atoms with Crippen LogP contribution in [0.15, 0.2) is 36.7 Å². The van der Waals surface area contributed by atoms with Crippen molar-refractivity contribution in [2.45, 2.75) is 0 Å². The molecule has 1 aromatic carbocycles. The summed E-state index contributed by atoms with van der Waals surface area (Å²) >= 11 is 0. The first kappa shape index (κ1) is 8.69. The van der Waals surface area contributed by atoms with Gasteiger partial charge in [-0.1, -0.05) is 12.1 Å². The molecule has 0 aliphatic carbocycles. The first-order chi connectivity index (χ1) is 6.90. The Labute approximate surface area is 82.4 Å². The van der Waals surface area contributed by atoms with E-state index in [2.05, 4.69) is 16.2 Å². The van der Waals surface area contributed by atoms with Crippen LogP contribution in [-0.2, 0) is 0 Å². The van der Waals surface area contributed by atoms with E-state index in [9.17, 15) is 0 Å². The van der Waals surface area contributed by atoms with E-state index in [0.29, 0.717) is 0 Å². The summed E-state index contributed by atoms with van der Waals surface area (Å²) in [5.41, 5.74) is 1.81. The van der Waals surface area contributed by atoms with Gasteiger partial charge in [-0.05, 0) is 12.1 Å². The molecule has 69 valence electrons. The zero-order valence-corrected chi connectivity index (χ0v) is 7.77.